The van der Waals surface area contributed by atoms with Crippen molar-refractivity contribution in [1.82, 2.24) is 9.80 Å². The predicted octanol–water partition coefficient (Wildman–Crippen LogP) is 2.65. The van der Waals surface area contributed by atoms with Crippen molar-refractivity contribution in [2.75, 3.05) is 45.1 Å². The number of benzene rings is 2. The SMILES string of the molecule is COc1ccc(NS(=O)(=O)c2cccc(C(=O)N3CCN(C)CC3)c2)cc1Br. The smallest absolute Gasteiger partial charge is 0.261 e. The molecule has 9 heteroatoms. The van der Waals surface area contributed by atoms with E-state index in [2.05, 4.69) is 25.6 Å². The first-order chi connectivity index (χ1) is 13.3. The molecule has 7 nitrogen and oxygen atoms in total. The molecule has 0 aromatic heterocycles. The number of amides is 1. The van der Waals surface area contributed by atoms with Crippen LogP contribution >= 0.6 is 15.9 Å². The third kappa shape index (κ3) is 4.65. The Morgan fingerprint density at radius 2 is 1.82 bits per heavy atom. The van der Waals surface area contributed by atoms with E-state index in [1.807, 2.05) is 7.05 Å². The molecule has 2 aromatic rings. The molecule has 2 aromatic carbocycles. The molecule has 1 aliphatic rings. The second-order valence-electron chi connectivity index (χ2n) is 6.58. The average molecular weight is 468 g/mol. The Morgan fingerprint density at radius 1 is 1.11 bits per heavy atom. The van der Waals surface area contributed by atoms with Crippen LogP contribution in [0.15, 0.2) is 51.8 Å². The molecule has 0 unspecified atom stereocenters. The molecule has 1 amide bonds. The molecule has 0 saturated carbocycles. The molecular weight excluding hydrogens is 446 g/mol. The zero-order chi connectivity index (χ0) is 20.3. The Labute approximate surface area is 173 Å². The van der Waals surface area contributed by atoms with E-state index in [4.69, 9.17) is 4.74 Å². The number of nitrogens with one attached hydrogen (secondary N) is 1. The van der Waals surface area contributed by atoms with Gasteiger partial charge < -0.3 is 14.5 Å². The summed E-state index contributed by atoms with van der Waals surface area (Å²) in [5.41, 5.74) is 0.756. The zero-order valence-electron chi connectivity index (χ0n) is 15.7. The van der Waals surface area contributed by atoms with Crippen molar-refractivity contribution in [3.05, 3.63) is 52.5 Å². The van der Waals surface area contributed by atoms with Gasteiger partial charge in [0, 0.05) is 31.7 Å². The third-order valence-corrected chi connectivity index (χ3v) is 6.58. The summed E-state index contributed by atoms with van der Waals surface area (Å²) in [5.74, 6) is 0.445. The number of sulfonamides is 1. The van der Waals surface area contributed by atoms with Crippen LogP contribution in [0.1, 0.15) is 10.4 Å². The average Bonchev–Trinajstić information content (AvgIpc) is 2.68. The molecule has 1 N–H and O–H groups in total. The number of ether oxygens (including phenoxy) is 1. The molecule has 28 heavy (non-hydrogen) atoms. The van der Waals surface area contributed by atoms with E-state index in [0.29, 0.717) is 34.6 Å². The minimum atomic E-state index is -3.84. The number of hydrogen-bond donors (Lipinski definition) is 1. The number of hydrogen-bond acceptors (Lipinski definition) is 5. The van der Waals surface area contributed by atoms with Crippen LogP contribution in [0.4, 0.5) is 5.69 Å². The van der Waals surface area contributed by atoms with Crippen LogP contribution < -0.4 is 9.46 Å². The van der Waals surface area contributed by atoms with Crippen LogP contribution in [0.5, 0.6) is 5.75 Å². The van der Waals surface area contributed by atoms with Crippen molar-refractivity contribution in [3.8, 4) is 5.75 Å². The molecule has 150 valence electrons. The fourth-order valence-corrected chi connectivity index (χ4v) is 4.57. The van der Waals surface area contributed by atoms with Crippen molar-refractivity contribution in [2.45, 2.75) is 4.90 Å². The van der Waals surface area contributed by atoms with Crippen LogP contribution in [-0.4, -0.2) is 64.5 Å². The topological polar surface area (TPSA) is 78.9 Å². The Bertz CT molecular complexity index is 973. The van der Waals surface area contributed by atoms with Gasteiger partial charge in [-0.3, -0.25) is 9.52 Å². The number of carbonyl (C=O) groups is 1. The number of nitrogens with zero attached hydrogens (tertiary/aromatic N) is 2. The lowest BCUT2D eigenvalue weighted by Gasteiger charge is -2.32. The molecule has 0 aliphatic carbocycles. The Balaban J connectivity index is 1.80. The number of piperazine rings is 1. The van der Waals surface area contributed by atoms with Gasteiger partial charge in [0.15, 0.2) is 0 Å². The first kappa shape index (κ1) is 20.6. The zero-order valence-corrected chi connectivity index (χ0v) is 18.1. The molecule has 0 bridgehead atoms. The minimum Gasteiger partial charge on any atom is -0.496 e. The lowest BCUT2D eigenvalue weighted by Crippen LogP contribution is -2.47. The summed E-state index contributed by atoms with van der Waals surface area (Å²) < 4.78 is 33.9. The molecule has 0 spiro atoms. The Kier molecular flexibility index (Phi) is 6.26. The Hall–Kier alpha value is -2.10. The lowest BCUT2D eigenvalue weighted by atomic mass is 10.2. The number of halogens is 1. The van der Waals surface area contributed by atoms with Crippen molar-refractivity contribution < 1.29 is 17.9 Å². The summed E-state index contributed by atoms with van der Waals surface area (Å²) in [6.45, 7) is 2.87. The fourth-order valence-electron chi connectivity index (χ4n) is 2.93. The summed E-state index contributed by atoms with van der Waals surface area (Å²) in [7, 11) is -0.289. The quantitative estimate of drug-likeness (QED) is 0.730. The van der Waals surface area contributed by atoms with Crippen molar-refractivity contribution in [2.24, 2.45) is 0 Å². The van der Waals surface area contributed by atoms with E-state index in [-0.39, 0.29) is 10.8 Å². The summed E-state index contributed by atoms with van der Waals surface area (Å²) in [4.78, 5) is 16.7. The standard InChI is InChI=1S/C19H22BrN3O4S/c1-22-8-10-23(11-9-22)19(24)14-4-3-5-16(12-14)28(25,26)21-15-6-7-18(27-2)17(20)13-15/h3-7,12-13,21H,8-11H2,1-2H3. The summed E-state index contributed by atoms with van der Waals surface area (Å²) in [6, 6.07) is 11.0. The van der Waals surface area contributed by atoms with Crippen LogP contribution in [0.2, 0.25) is 0 Å². The molecule has 0 atom stereocenters. The first-order valence-electron chi connectivity index (χ1n) is 8.74. The molecule has 0 radical (unpaired) electrons. The normalized spacial score (nSPS) is 15.3. The molecular formula is C19H22BrN3O4S. The number of anilines is 1. The van der Waals surface area contributed by atoms with Gasteiger partial charge in [0.05, 0.1) is 22.2 Å². The second-order valence-corrected chi connectivity index (χ2v) is 9.11. The van der Waals surface area contributed by atoms with E-state index in [1.165, 1.54) is 19.2 Å². The van der Waals surface area contributed by atoms with E-state index in [9.17, 15) is 13.2 Å². The molecule has 3 rings (SSSR count). The highest BCUT2D eigenvalue weighted by Crippen LogP contribution is 2.29. The van der Waals surface area contributed by atoms with Gasteiger partial charge in [-0.05, 0) is 59.4 Å². The predicted molar refractivity (Wildman–Crippen MR) is 111 cm³/mol. The van der Waals surface area contributed by atoms with Crippen LogP contribution in [0.3, 0.4) is 0 Å². The second kappa shape index (κ2) is 8.50. The number of methoxy groups -OCH3 is 1. The first-order valence-corrected chi connectivity index (χ1v) is 11.0. The maximum atomic E-state index is 12.8. The van der Waals surface area contributed by atoms with Gasteiger partial charge in [-0.2, -0.15) is 0 Å². The fraction of sp³-hybridized carbons (Fsp3) is 0.316. The van der Waals surface area contributed by atoms with E-state index in [1.54, 1.807) is 35.2 Å². The summed E-state index contributed by atoms with van der Waals surface area (Å²) >= 11 is 3.34. The summed E-state index contributed by atoms with van der Waals surface area (Å²) in [5, 5.41) is 0. The largest absolute Gasteiger partial charge is 0.496 e. The molecule has 1 fully saturated rings. The maximum absolute atomic E-state index is 12.8. The van der Waals surface area contributed by atoms with Crippen LogP contribution in [-0.2, 0) is 10.0 Å². The van der Waals surface area contributed by atoms with Gasteiger partial charge in [-0.1, -0.05) is 6.07 Å². The highest BCUT2D eigenvalue weighted by atomic mass is 79.9. The van der Waals surface area contributed by atoms with Gasteiger partial charge >= 0.3 is 0 Å². The Morgan fingerprint density at radius 3 is 2.46 bits per heavy atom. The van der Waals surface area contributed by atoms with Gasteiger partial charge in [-0.15, -0.1) is 0 Å². The highest BCUT2D eigenvalue weighted by Gasteiger charge is 2.22. The molecule has 1 heterocycles. The number of carbonyl (C=O) groups excluding carboxylic acids is 1. The summed E-state index contributed by atoms with van der Waals surface area (Å²) in [6.07, 6.45) is 0. The van der Waals surface area contributed by atoms with E-state index in [0.717, 1.165) is 13.1 Å². The molecule has 1 aliphatic heterocycles. The number of rotatable bonds is 5. The third-order valence-electron chi connectivity index (χ3n) is 4.59. The highest BCUT2D eigenvalue weighted by molar-refractivity contribution is 9.10. The van der Waals surface area contributed by atoms with Crippen LogP contribution in [0.25, 0.3) is 0 Å². The van der Waals surface area contributed by atoms with Crippen molar-refractivity contribution in [1.29, 1.82) is 0 Å². The van der Waals surface area contributed by atoms with Gasteiger partial charge in [0.25, 0.3) is 15.9 Å². The monoisotopic (exact) mass is 467 g/mol. The number of likely N-dealkylation sites (N-methyl/N-ethyl adjacent to an activating group) is 1. The van der Waals surface area contributed by atoms with Crippen molar-refractivity contribution >= 4 is 37.5 Å². The van der Waals surface area contributed by atoms with Crippen molar-refractivity contribution in [3.63, 3.8) is 0 Å². The minimum absolute atomic E-state index is 0.0411. The van der Waals surface area contributed by atoms with E-state index < -0.39 is 10.0 Å². The van der Waals surface area contributed by atoms with E-state index >= 15 is 0 Å². The lowest BCUT2D eigenvalue weighted by molar-refractivity contribution is 0.0664. The van der Waals surface area contributed by atoms with Gasteiger partial charge in [0.1, 0.15) is 5.75 Å². The maximum Gasteiger partial charge on any atom is 0.261 e. The van der Waals surface area contributed by atoms with Gasteiger partial charge in [-0.25, -0.2) is 8.42 Å². The molecule has 1 saturated heterocycles. The van der Waals surface area contributed by atoms with Gasteiger partial charge in [0.2, 0.25) is 0 Å². The van der Waals surface area contributed by atoms with Crippen LogP contribution in [0, 0.1) is 0 Å².